The zero-order valence-electron chi connectivity index (χ0n) is 20.8. The monoisotopic (exact) mass is 480 g/mol. The summed E-state index contributed by atoms with van der Waals surface area (Å²) in [6, 6.07) is 13.4. The molecule has 4 rings (SSSR count). The van der Waals surface area contributed by atoms with Gasteiger partial charge >= 0.3 is 0 Å². The molecular formula is C27H36N4O4. The topological polar surface area (TPSA) is 79.2 Å². The van der Waals surface area contributed by atoms with Crippen molar-refractivity contribution in [2.45, 2.75) is 45.4 Å². The largest absolute Gasteiger partial charge is 0.484 e. The number of ether oxygens (including phenoxy) is 1. The van der Waals surface area contributed by atoms with Gasteiger partial charge in [0.2, 0.25) is 0 Å². The Balaban J connectivity index is 1.32. The van der Waals surface area contributed by atoms with Crippen molar-refractivity contribution >= 4 is 23.0 Å². The number of nitro benzene ring substituents is 1. The molecule has 188 valence electrons. The number of anilines is 2. The highest BCUT2D eigenvalue weighted by Crippen LogP contribution is 2.34. The van der Waals surface area contributed by atoms with Crippen molar-refractivity contribution in [3.63, 3.8) is 0 Å². The van der Waals surface area contributed by atoms with E-state index in [-0.39, 0.29) is 23.1 Å². The molecule has 0 saturated carbocycles. The first-order valence-corrected chi connectivity index (χ1v) is 12.7. The lowest BCUT2D eigenvalue weighted by Crippen LogP contribution is -2.50. The molecule has 0 spiro atoms. The minimum Gasteiger partial charge on any atom is -0.484 e. The fourth-order valence-corrected chi connectivity index (χ4v) is 4.83. The Hall–Kier alpha value is -3.29. The Morgan fingerprint density at radius 3 is 2.29 bits per heavy atom. The summed E-state index contributed by atoms with van der Waals surface area (Å²) in [5, 5.41) is 11.6. The van der Waals surface area contributed by atoms with E-state index in [2.05, 4.69) is 35.8 Å². The lowest BCUT2D eigenvalue weighted by Gasteiger charge is -2.36. The first-order valence-electron chi connectivity index (χ1n) is 12.7. The van der Waals surface area contributed by atoms with Gasteiger partial charge < -0.3 is 19.4 Å². The molecule has 0 unspecified atom stereocenters. The van der Waals surface area contributed by atoms with Crippen molar-refractivity contribution in [2.24, 2.45) is 0 Å². The number of carbonyl (C=O) groups is 1. The van der Waals surface area contributed by atoms with E-state index in [1.54, 1.807) is 6.07 Å². The highest BCUT2D eigenvalue weighted by molar-refractivity contribution is 5.78. The van der Waals surface area contributed by atoms with Crippen molar-refractivity contribution in [2.75, 3.05) is 55.7 Å². The van der Waals surface area contributed by atoms with E-state index in [1.165, 1.54) is 12.0 Å². The maximum atomic E-state index is 12.7. The van der Waals surface area contributed by atoms with E-state index in [4.69, 9.17) is 4.74 Å². The van der Waals surface area contributed by atoms with Crippen molar-refractivity contribution < 1.29 is 14.5 Å². The third kappa shape index (κ3) is 6.05. The predicted molar refractivity (Wildman–Crippen MR) is 139 cm³/mol. The number of hydrogen-bond donors (Lipinski definition) is 0. The first-order chi connectivity index (χ1) is 17.0. The van der Waals surface area contributed by atoms with Gasteiger partial charge in [0, 0.05) is 51.0 Å². The Morgan fingerprint density at radius 2 is 1.66 bits per heavy atom. The van der Waals surface area contributed by atoms with Crippen LogP contribution in [-0.2, 0) is 4.79 Å². The summed E-state index contributed by atoms with van der Waals surface area (Å²) in [6.07, 6.45) is 4.38. The second-order valence-electron chi connectivity index (χ2n) is 9.51. The summed E-state index contributed by atoms with van der Waals surface area (Å²) < 4.78 is 5.75. The van der Waals surface area contributed by atoms with Gasteiger partial charge in [0.05, 0.1) is 4.92 Å². The third-order valence-electron chi connectivity index (χ3n) is 7.27. The Morgan fingerprint density at radius 1 is 0.971 bits per heavy atom. The van der Waals surface area contributed by atoms with Crippen LogP contribution in [-0.4, -0.2) is 61.6 Å². The molecule has 2 saturated heterocycles. The van der Waals surface area contributed by atoms with Crippen LogP contribution in [0.25, 0.3) is 0 Å². The summed E-state index contributed by atoms with van der Waals surface area (Å²) in [7, 11) is 0. The number of piperazine rings is 1. The molecule has 0 N–H and O–H groups in total. The maximum Gasteiger partial charge on any atom is 0.292 e. The number of piperidine rings is 1. The summed E-state index contributed by atoms with van der Waals surface area (Å²) in [5.41, 5.74) is 3.12. The van der Waals surface area contributed by atoms with Gasteiger partial charge in [-0.15, -0.1) is 0 Å². The SMILES string of the molecule is CC[C@H](C)c1ccc(OCC(=O)N2CCN(c3ccc([N+](=O)[O-])c(N4CCCCC4)c3)CC2)cc1. The number of nitro groups is 1. The van der Waals surface area contributed by atoms with Crippen LogP contribution in [0.5, 0.6) is 5.75 Å². The minimum absolute atomic E-state index is 0.0200. The number of rotatable bonds is 8. The van der Waals surface area contributed by atoms with E-state index in [9.17, 15) is 14.9 Å². The van der Waals surface area contributed by atoms with Crippen LogP contribution in [0.15, 0.2) is 42.5 Å². The van der Waals surface area contributed by atoms with E-state index >= 15 is 0 Å². The maximum absolute atomic E-state index is 12.7. The number of amides is 1. The van der Waals surface area contributed by atoms with Crippen molar-refractivity contribution in [1.29, 1.82) is 0 Å². The molecule has 0 bridgehead atoms. The van der Waals surface area contributed by atoms with Gasteiger partial charge in [-0.1, -0.05) is 26.0 Å². The van der Waals surface area contributed by atoms with Crippen LogP contribution in [0.2, 0.25) is 0 Å². The first kappa shape index (κ1) is 24.8. The molecule has 2 heterocycles. The summed E-state index contributed by atoms with van der Waals surface area (Å²) in [6.45, 7) is 8.68. The van der Waals surface area contributed by atoms with Gasteiger partial charge in [-0.3, -0.25) is 14.9 Å². The number of benzene rings is 2. The van der Waals surface area contributed by atoms with E-state index in [1.807, 2.05) is 29.2 Å². The second kappa shape index (κ2) is 11.4. The van der Waals surface area contributed by atoms with Gasteiger partial charge in [0.1, 0.15) is 11.4 Å². The van der Waals surface area contributed by atoms with Crippen molar-refractivity contribution in [3.8, 4) is 5.75 Å². The molecule has 35 heavy (non-hydrogen) atoms. The number of nitrogens with zero attached hydrogens (tertiary/aromatic N) is 4. The van der Waals surface area contributed by atoms with E-state index in [0.717, 1.165) is 38.0 Å². The summed E-state index contributed by atoms with van der Waals surface area (Å²) in [5.74, 6) is 1.20. The van der Waals surface area contributed by atoms with Gasteiger partial charge in [-0.2, -0.15) is 0 Å². The smallest absolute Gasteiger partial charge is 0.292 e. The second-order valence-corrected chi connectivity index (χ2v) is 9.51. The molecule has 2 aliphatic rings. The number of hydrogen-bond acceptors (Lipinski definition) is 6. The molecule has 8 heteroatoms. The average Bonchev–Trinajstić information content (AvgIpc) is 2.91. The van der Waals surface area contributed by atoms with Crippen LogP contribution >= 0.6 is 0 Å². The Kier molecular flexibility index (Phi) is 8.10. The molecule has 2 aromatic carbocycles. The highest BCUT2D eigenvalue weighted by atomic mass is 16.6. The van der Waals surface area contributed by atoms with Crippen LogP contribution in [0.1, 0.15) is 51.0 Å². The summed E-state index contributed by atoms with van der Waals surface area (Å²) >= 11 is 0. The highest BCUT2D eigenvalue weighted by Gasteiger charge is 2.25. The van der Waals surface area contributed by atoms with Gasteiger partial charge in [0.25, 0.3) is 11.6 Å². The lowest BCUT2D eigenvalue weighted by molar-refractivity contribution is -0.384. The number of carbonyl (C=O) groups excluding carboxylic acids is 1. The van der Waals surface area contributed by atoms with Crippen molar-refractivity contribution in [1.82, 2.24) is 4.90 Å². The van der Waals surface area contributed by atoms with Crippen LogP contribution < -0.4 is 14.5 Å². The zero-order valence-corrected chi connectivity index (χ0v) is 20.8. The Bertz CT molecular complexity index is 1010. The van der Waals surface area contributed by atoms with Gasteiger partial charge in [-0.05, 0) is 61.4 Å². The van der Waals surface area contributed by atoms with Gasteiger partial charge in [-0.25, -0.2) is 0 Å². The quantitative estimate of drug-likeness (QED) is 0.398. The molecule has 8 nitrogen and oxygen atoms in total. The fraction of sp³-hybridized carbons (Fsp3) is 0.519. The molecule has 1 atom stereocenters. The normalized spacial score (nSPS) is 17.3. The lowest BCUT2D eigenvalue weighted by atomic mass is 9.99. The van der Waals surface area contributed by atoms with E-state index in [0.29, 0.717) is 43.5 Å². The van der Waals surface area contributed by atoms with E-state index < -0.39 is 0 Å². The Labute approximate surface area is 207 Å². The molecule has 2 aromatic rings. The predicted octanol–water partition coefficient (Wildman–Crippen LogP) is 4.83. The molecule has 0 radical (unpaired) electrons. The van der Waals surface area contributed by atoms with Crippen molar-refractivity contribution in [3.05, 3.63) is 58.1 Å². The van der Waals surface area contributed by atoms with Crippen LogP contribution in [0, 0.1) is 10.1 Å². The third-order valence-corrected chi connectivity index (χ3v) is 7.27. The molecular weight excluding hydrogens is 444 g/mol. The van der Waals surface area contributed by atoms with Gasteiger partial charge in [0.15, 0.2) is 6.61 Å². The molecule has 0 aliphatic carbocycles. The molecule has 2 aliphatic heterocycles. The molecule has 2 fully saturated rings. The minimum atomic E-state index is -0.289. The molecule has 1 amide bonds. The standard InChI is InChI=1S/C27H36N4O4/c1-3-21(2)22-7-10-24(11-8-22)35-20-27(32)30-17-15-28(16-18-30)23-9-12-25(31(33)34)26(19-23)29-13-5-4-6-14-29/h7-12,19,21H,3-6,13-18,20H2,1-2H3/t21-/m0/s1. The molecule has 0 aromatic heterocycles. The summed E-state index contributed by atoms with van der Waals surface area (Å²) in [4.78, 5) is 30.2. The zero-order chi connectivity index (χ0) is 24.8. The average molecular weight is 481 g/mol. The fourth-order valence-electron chi connectivity index (χ4n) is 4.83. The van der Waals surface area contributed by atoms with Crippen LogP contribution in [0.3, 0.4) is 0 Å². The van der Waals surface area contributed by atoms with Crippen LogP contribution in [0.4, 0.5) is 17.1 Å².